The van der Waals surface area contributed by atoms with Crippen molar-refractivity contribution >= 4 is 5.97 Å². The lowest BCUT2D eigenvalue weighted by Gasteiger charge is -2.07. The Labute approximate surface area is 85.6 Å². The molecule has 0 fully saturated rings. The molecule has 0 saturated carbocycles. The molecule has 0 saturated heterocycles. The van der Waals surface area contributed by atoms with E-state index in [2.05, 4.69) is 12.2 Å². The van der Waals surface area contributed by atoms with Crippen molar-refractivity contribution in [2.75, 3.05) is 6.61 Å². The molecule has 14 heavy (non-hydrogen) atoms. The molecule has 0 atom stereocenters. The lowest BCUT2D eigenvalue weighted by atomic mass is 10.00. The molecule has 0 N–H and O–H groups in total. The summed E-state index contributed by atoms with van der Waals surface area (Å²) in [7, 11) is 0. The molecule has 2 heteroatoms. The molecule has 0 aromatic rings. The lowest BCUT2D eigenvalue weighted by molar-refractivity contribution is -0.137. The van der Waals surface area contributed by atoms with Gasteiger partial charge in [0.1, 0.15) is 0 Å². The third kappa shape index (κ3) is 4.26. The van der Waals surface area contributed by atoms with E-state index in [1.165, 1.54) is 5.57 Å². The van der Waals surface area contributed by atoms with Crippen molar-refractivity contribution in [3.63, 3.8) is 0 Å². The van der Waals surface area contributed by atoms with Gasteiger partial charge in [0, 0.05) is 6.08 Å². The Bertz CT molecular complexity index is 239. The zero-order chi connectivity index (χ0) is 10.2. The highest BCUT2D eigenvalue weighted by Gasteiger charge is 2.03. The zero-order valence-electron chi connectivity index (χ0n) is 8.79. The zero-order valence-corrected chi connectivity index (χ0v) is 8.79. The molecule has 0 amide bonds. The molecule has 0 bridgehead atoms. The van der Waals surface area contributed by atoms with E-state index in [1.54, 1.807) is 6.08 Å². The average molecular weight is 194 g/mol. The minimum atomic E-state index is -0.188. The fraction of sp³-hybridized carbons (Fsp3) is 0.583. The summed E-state index contributed by atoms with van der Waals surface area (Å²) in [5.74, 6) is -0.188. The summed E-state index contributed by atoms with van der Waals surface area (Å²) in [5, 5.41) is 0. The van der Waals surface area contributed by atoms with Gasteiger partial charge in [0.15, 0.2) is 0 Å². The fourth-order valence-electron chi connectivity index (χ4n) is 1.57. The molecule has 1 aliphatic rings. The van der Waals surface area contributed by atoms with E-state index < -0.39 is 0 Å². The topological polar surface area (TPSA) is 26.3 Å². The molecular weight excluding hydrogens is 176 g/mol. The van der Waals surface area contributed by atoms with Crippen molar-refractivity contribution in [2.24, 2.45) is 0 Å². The first-order valence-electron chi connectivity index (χ1n) is 5.34. The number of carbonyl (C=O) groups excluding carboxylic acids is 1. The molecule has 0 spiro atoms. The molecular formula is C12H18O2. The molecule has 78 valence electrons. The van der Waals surface area contributed by atoms with Gasteiger partial charge in [0.25, 0.3) is 0 Å². The first kappa shape index (κ1) is 11.0. The Morgan fingerprint density at radius 2 is 2.21 bits per heavy atom. The van der Waals surface area contributed by atoms with Crippen molar-refractivity contribution in [3.8, 4) is 0 Å². The predicted octanol–water partition coefficient (Wildman–Crippen LogP) is 3.00. The van der Waals surface area contributed by atoms with Gasteiger partial charge < -0.3 is 4.74 Å². The Morgan fingerprint density at radius 1 is 1.43 bits per heavy atom. The van der Waals surface area contributed by atoms with Crippen molar-refractivity contribution in [1.29, 1.82) is 0 Å². The van der Waals surface area contributed by atoms with Crippen LogP contribution in [0.2, 0.25) is 0 Å². The number of allylic oxidation sites excluding steroid dienone is 3. The van der Waals surface area contributed by atoms with E-state index in [9.17, 15) is 4.79 Å². The first-order valence-corrected chi connectivity index (χ1v) is 5.34. The maximum atomic E-state index is 11.2. The molecule has 0 aromatic heterocycles. The van der Waals surface area contributed by atoms with E-state index >= 15 is 0 Å². The number of ether oxygens (including phenoxy) is 1. The molecule has 0 aromatic carbocycles. The predicted molar refractivity (Wildman–Crippen MR) is 56.9 cm³/mol. The summed E-state index contributed by atoms with van der Waals surface area (Å²) in [5.41, 5.74) is 1.23. The van der Waals surface area contributed by atoms with Crippen molar-refractivity contribution in [3.05, 3.63) is 23.8 Å². The maximum Gasteiger partial charge on any atom is 0.330 e. The Morgan fingerprint density at radius 3 is 3.00 bits per heavy atom. The minimum Gasteiger partial charge on any atom is -0.463 e. The highest BCUT2D eigenvalue weighted by molar-refractivity contribution is 5.82. The van der Waals surface area contributed by atoms with Crippen molar-refractivity contribution < 1.29 is 9.53 Å². The minimum absolute atomic E-state index is 0.188. The Kier molecular flexibility index (Phi) is 5.05. The van der Waals surface area contributed by atoms with Crippen molar-refractivity contribution in [1.82, 2.24) is 0 Å². The highest BCUT2D eigenvalue weighted by atomic mass is 16.5. The Hall–Kier alpha value is -1.05. The van der Waals surface area contributed by atoms with Gasteiger partial charge in [-0.05, 0) is 39.0 Å². The number of hydrogen-bond donors (Lipinski definition) is 0. The largest absolute Gasteiger partial charge is 0.463 e. The van der Waals surface area contributed by atoms with Crippen LogP contribution in [0.5, 0.6) is 0 Å². The number of hydrogen-bond acceptors (Lipinski definition) is 2. The number of rotatable bonds is 2. The van der Waals surface area contributed by atoms with Crippen LogP contribution in [0.4, 0.5) is 0 Å². The van der Waals surface area contributed by atoms with E-state index in [0.717, 1.165) is 32.1 Å². The van der Waals surface area contributed by atoms with Gasteiger partial charge in [-0.3, -0.25) is 0 Å². The normalized spacial score (nSPS) is 20.2. The summed E-state index contributed by atoms with van der Waals surface area (Å²) < 4.78 is 4.88. The quantitative estimate of drug-likeness (QED) is 0.384. The first-order chi connectivity index (χ1) is 6.83. The summed E-state index contributed by atoms with van der Waals surface area (Å²) in [6, 6.07) is 0. The number of carbonyl (C=O) groups is 1. The van der Waals surface area contributed by atoms with Crippen molar-refractivity contribution in [2.45, 2.75) is 39.0 Å². The number of esters is 1. The smallest absolute Gasteiger partial charge is 0.330 e. The van der Waals surface area contributed by atoms with Crippen LogP contribution in [0, 0.1) is 0 Å². The molecule has 1 aliphatic carbocycles. The van der Waals surface area contributed by atoms with Crippen LogP contribution in [-0.2, 0) is 9.53 Å². The second-order valence-electron chi connectivity index (χ2n) is 3.46. The molecule has 0 unspecified atom stereocenters. The Balaban J connectivity index is 2.48. The van der Waals surface area contributed by atoms with E-state index in [1.807, 2.05) is 6.92 Å². The third-order valence-corrected chi connectivity index (χ3v) is 2.28. The molecule has 0 aliphatic heterocycles. The van der Waals surface area contributed by atoms with E-state index in [-0.39, 0.29) is 5.97 Å². The summed E-state index contributed by atoms with van der Waals surface area (Å²) in [4.78, 5) is 11.2. The lowest BCUT2D eigenvalue weighted by Crippen LogP contribution is -2.01. The maximum absolute atomic E-state index is 11.2. The van der Waals surface area contributed by atoms with Gasteiger partial charge in [-0.25, -0.2) is 4.79 Å². The van der Waals surface area contributed by atoms with Crippen LogP contribution in [0.25, 0.3) is 0 Å². The van der Waals surface area contributed by atoms with Gasteiger partial charge >= 0.3 is 5.97 Å². The summed E-state index contributed by atoms with van der Waals surface area (Å²) in [6.07, 6.45) is 11.4. The highest BCUT2D eigenvalue weighted by Crippen LogP contribution is 2.17. The van der Waals surface area contributed by atoms with Gasteiger partial charge in [-0.1, -0.05) is 17.7 Å². The SMILES string of the molecule is CCOC(=O)C=C1CCC=CCCC1. The molecule has 2 nitrogen and oxygen atoms in total. The summed E-state index contributed by atoms with van der Waals surface area (Å²) >= 11 is 0. The fourth-order valence-corrected chi connectivity index (χ4v) is 1.57. The van der Waals surface area contributed by atoms with E-state index in [4.69, 9.17) is 4.74 Å². The standard InChI is InChI=1S/C12H18O2/c1-2-14-12(13)10-11-8-6-4-3-5-7-9-11/h3-4,10H,2,5-9H2,1H3. The molecule has 1 rings (SSSR count). The second-order valence-corrected chi connectivity index (χ2v) is 3.46. The molecule has 0 radical (unpaired) electrons. The van der Waals surface area contributed by atoms with Crippen LogP contribution in [-0.4, -0.2) is 12.6 Å². The van der Waals surface area contributed by atoms with Crippen LogP contribution < -0.4 is 0 Å². The van der Waals surface area contributed by atoms with Gasteiger partial charge in [0.2, 0.25) is 0 Å². The van der Waals surface area contributed by atoms with Gasteiger partial charge in [-0.2, -0.15) is 0 Å². The monoisotopic (exact) mass is 194 g/mol. The van der Waals surface area contributed by atoms with Crippen LogP contribution in [0.3, 0.4) is 0 Å². The van der Waals surface area contributed by atoms with Gasteiger partial charge in [-0.15, -0.1) is 0 Å². The third-order valence-electron chi connectivity index (χ3n) is 2.28. The van der Waals surface area contributed by atoms with E-state index in [0.29, 0.717) is 6.61 Å². The van der Waals surface area contributed by atoms with Crippen LogP contribution in [0.1, 0.15) is 39.0 Å². The van der Waals surface area contributed by atoms with Crippen LogP contribution in [0.15, 0.2) is 23.8 Å². The second kappa shape index (κ2) is 6.41. The molecule has 0 heterocycles. The van der Waals surface area contributed by atoms with Gasteiger partial charge in [0.05, 0.1) is 6.61 Å². The average Bonchev–Trinajstić information content (AvgIpc) is 2.10. The summed E-state index contributed by atoms with van der Waals surface area (Å²) in [6.45, 7) is 2.29. The van der Waals surface area contributed by atoms with Crippen LogP contribution >= 0.6 is 0 Å².